The number of nitrogens with one attached hydrogen (secondary N) is 2. The smallest absolute Gasteiger partial charge is 0.325 e. The van der Waals surface area contributed by atoms with Gasteiger partial charge in [-0.15, -0.1) is 12.4 Å². The predicted molar refractivity (Wildman–Crippen MR) is 103 cm³/mol. The summed E-state index contributed by atoms with van der Waals surface area (Å²) < 4.78 is 0. The molecule has 7 nitrogen and oxygen atoms in total. The third kappa shape index (κ3) is 5.10. The number of rotatable bonds is 7. The largest absolute Gasteiger partial charge is 0.351 e. The highest BCUT2D eigenvalue weighted by Crippen LogP contribution is 2.37. The lowest BCUT2D eigenvalue weighted by molar-refractivity contribution is -0.136. The van der Waals surface area contributed by atoms with Gasteiger partial charge in [0.05, 0.1) is 0 Å². The fourth-order valence-electron chi connectivity index (χ4n) is 3.94. The molecule has 4 N–H and O–H groups in total. The summed E-state index contributed by atoms with van der Waals surface area (Å²) in [5.41, 5.74) is 4.90. The van der Waals surface area contributed by atoms with Crippen molar-refractivity contribution in [3.05, 3.63) is 0 Å². The summed E-state index contributed by atoms with van der Waals surface area (Å²) in [5, 5.41) is 5.69. The van der Waals surface area contributed by atoms with Crippen LogP contribution in [-0.2, 0) is 9.59 Å². The first-order valence-corrected chi connectivity index (χ1v) is 9.44. The molecule has 0 aromatic carbocycles. The first kappa shape index (κ1) is 22.7. The molecule has 26 heavy (non-hydrogen) atoms. The molecule has 0 radical (unpaired) electrons. The number of urea groups is 1. The van der Waals surface area contributed by atoms with Gasteiger partial charge in [-0.05, 0) is 43.9 Å². The van der Waals surface area contributed by atoms with Crippen molar-refractivity contribution in [2.75, 3.05) is 13.1 Å². The Balaban J connectivity index is 0.00000338. The molecular formula is C18H33ClN4O3. The summed E-state index contributed by atoms with van der Waals surface area (Å²) in [6.07, 6.45) is 5.06. The monoisotopic (exact) mass is 388 g/mol. The van der Waals surface area contributed by atoms with E-state index in [2.05, 4.69) is 31.4 Å². The van der Waals surface area contributed by atoms with Crippen molar-refractivity contribution in [3.8, 4) is 0 Å². The average molecular weight is 389 g/mol. The quantitative estimate of drug-likeness (QED) is 0.578. The molecule has 1 spiro atoms. The van der Waals surface area contributed by atoms with Crippen LogP contribution < -0.4 is 16.4 Å². The van der Waals surface area contributed by atoms with E-state index < -0.39 is 11.6 Å². The zero-order valence-electron chi connectivity index (χ0n) is 16.0. The Kier molecular flexibility index (Phi) is 8.34. The van der Waals surface area contributed by atoms with Gasteiger partial charge < -0.3 is 16.4 Å². The zero-order chi connectivity index (χ0) is 18.6. The van der Waals surface area contributed by atoms with Gasteiger partial charge in [0, 0.05) is 12.6 Å². The third-order valence-corrected chi connectivity index (χ3v) is 5.49. The number of hydrogen-bond acceptors (Lipinski definition) is 4. The van der Waals surface area contributed by atoms with Crippen molar-refractivity contribution >= 4 is 30.3 Å². The van der Waals surface area contributed by atoms with Gasteiger partial charge in [-0.3, -0.25) is 14.5 Å². The molecule has 1 atom stereocenters. The van der Waals surface area contributed by atoms with Crippen molar-refractivity contribution in [2.24, 2.45) is 17.6 Å². The van der Waals surface area contributed by atoms with Crippen LogP contribution in [0.15, 0.2) is 0 Å². The minimum Gasteiger partial charge on any atom is -0.351 e. The van der Waals surface area contributed by atoms with Crippen molar-refractivity contribution in [3.63, 3.8) is 0 Å². The number of nitrogens with zero attached hydrogens (tertiary/aromatic N) is 1. The molecular weight excluding hydrogens is 356 g/mol. The molecule has 4 amide bonds. The molecule has 0 aromatic rings. The Labute approximate surface area is 162 Å². The molecule has 8 heteroatoms. The maximum Gasteiger partial charge on any atom is 0.325 e. The molecule has 0 bridgehead atoms. The lowest BCUT2D eigenvalue weighted by Gasteiger charge is -2.34. The van der Waals surface area contributed by atoms with E-state index in [-0.39, 0.29) is 36.8 Å². The Bertz CT molecular complexity index is 519. The molecule has 1 heterocycles. The first-order chi connectivity index (χ1) is 11.8. The highest BCUT2D eigenvalue weighted by atomic mass is 35.5. The van der Waals surface area contributed by atoms with E-state index in [1.54, 1.807) is 0 Å². The van der Waals surface area contributed by atoms with Crippen molar-refractivity contribution in [2.45, 2.75) is 70.9 Å². The van der Waals surface area contributed by atoms with Crippen LogP contribution in [0.1, 0.15) is 59.3 Å². The Morgan fingerprint density at radius 1 is 1.35 bits per heavy atom. The fraction of sp³-hybridized carbons (Fsp3) is 0.833. The molecule has 1 aliphatic carbocycles. The van der Waals surface area contributed by atoms with Gasteiger partial charge >= 0.3 is 6.03 Å². The highest BCUT2D eigenvalue weighted by Gasteiger charge is 2.52. The normalized spacial score (nSPS) is 26.7. The van der Waals surface area contributed by atoms with E-state index >= 15 is 0 Å². The fourth-order valence-corrected chi connectivity index (χ4v) is 3.94. The summed E-state index contributed by atoms with van der Waals surface area (Å²) in [5.74, 6) is 0.436. The number of nitrogens with two attached hydrogens (primary N) is 1. The standard InChI is InChI=1S/C18H32N4O3.ClH/c1-4-13-5-7-18(8-6-13)16(24)22(17(25)21-18)11-15(23)20-14(10-19)9-12(2)3;/h12-14H,4-11,19H2,1-3H3,(H,20,23)(H,21,25);1H. The van der Waals surface area contributed by atoms with Crippen LogP contribution in [0.4, 0.5) is 4.79 Å². The lowest BCUT2D eigenvalue weighted by Crippen LogP contribution is -2.50. The second-order valence-corrected chi connectivity index (χ2v) is 7.88. The number of carbonyl (C=O) groups is 3. The van der Waals surface area contributed by atoms with E-state index in [1.807, 2.05) is 0 Å². The van der Waals surface area contributed by atoms with Crippen LogP contribution in [0.3, 0.4) is 0 Å². The van der Waals surface area contributed by atoms with Crippen LogP contribution in [0.5, 0.6) is 0 Å². The van der Waals surface area contributed by atoms with Gasteiger partial charge in [0.2, 0.25) is 5.91 Å². The maximum absolute atomic E-state index is 12.8. The summed E-state index contributed by atoms with van der Waals surface area (Å²) in [6, 6.07) is -0.592. The van der Waals surface area contributed by atoms with Gasteiger partial charge in [-0.1, -0.05) is 27.2 Å². The molecule has 2 fully saturated rings. The number of halogens is 1. The maximum atomic E-state index is 12.8. The van der Waals surface area contributed by atoms with Crippen LogP contribution in [-0.4, -0.2) is 47.4 Å². The first-order valence-electron chi connectivity index (χ1n) is 9.44. The van der Waals surface area contributed by atoms with Gasteiger partial charge in [-0.2, -0.15) is 0 Å². The third-order valence-electron chi connectivity index (χ3n) is 5.49. The summed E-state index contributed by atoms with van der Waals surface area (Å²) >= 11 is 0. The summed E-state index contributed by atoms with van der Waals surface area (Å²) in [4.78, 5) is 38.4. The van der Waals surface area contributed by atoms with Crippen LogP contribution >= 0.6 is 12.4 Å². The minimum atomic E-state index is -0.797. The van der Waals surface area contributed by atoms with E-state index in [9.17, 15) is 14.4 Å². The van der Waals surface area contributed by atoms with Gasteiger partial charge in [0.15, 0.2) is 0 Å². The van der Waals surface area contributed by atoms with Gasteiger partial charge in [0.25, 0.3) is 5.91 Å². The second kappa shape index (κ2) is 9.55. The van der Waals surface area contributed by atoms with Gasteiger partial charge in [0.1, 0.15) is 12.1 Å². The SMILES string of the molecule is CCC1CCC2(CC1)NC(=O)N(CC(=O)NC(CN)CC(C)C)C2=O.Cl. The topological polar surface area (TPSA) is 105 Å². The summed E-state index contributed by atoms with van der Waals surface area (Å²) in [7, 11) is 0. The number of carbonyl (C=O) groups excluding carboxylic acids is 3. The Morgan fingerprint density at radius 2 is 1.96 bits per heavy atom. The number of hydrogen-bond donors (Lipinski definition) is 3. The number of imide groups is 1. The van der Waals surface area contributed by atoms with Crippen molar-refractivity contribution in [1.29, 1.82) is 0 Å². The van der Waals surface area contributed by atoms with Crippen molar-refractivity contribution in [1.82, 2.24) is 15.5 Å². The van der Waals surface area contributed by atoms with E-state index in [0.717, 1.165) is 30.6 Å². The Morgan fingerprint density at radius 3 is 2.46 bits per heavy atom. The summed E-state index contributed by atoms with van der Waals surface area (Å²) in [6.45, 7) is 6.37. The highest BCUT2D eigenvalue weighted by molar-refractivity contribution is 6.09. The molecule has 1 saturated carbocycles. The van der Waals surface area contributed by atoms with Crippen LogP contribution in [0.25, 0.3) is 0 Å². The van der Waals surface area contributed by atoms with Crippen LogP contribution in [0, 0.1) is 11.8 Å². The molecule has 2 aliphatic rings. The minimum absolute atomic E-state index is 0. The molecule has 1 saturated heterocycles. The van der Waals surface area contributed by atoms with E-state index in [0.29, 0.717) is 31.2 Å². The zero-order valence-corrected chi connectivity index (χ0v) is 16.9. The predicted octanol–water partition coefficient (Wildman–Crippen LogP) is 1.79. The van der Waals surface area contributed by atoms with Gasteiger partial charge in [-0.25, -0.2) is 4.79 Å². The number of amides is 4. The Hall–Kier alpha value is -1.34. The molecule has 2 rings (SSSR count). The second-order valence-electron chi connectivity index (χ2n) is 7.88. The molecule has 1 unspecified atom stereocenters. The molecule has 0 aromatic heterocycles. The molecule has 150 valence electrons. The van der Waals surface area contributed by atoms with Crippen LogP contribution in [0.2, 0.25) is 0 Å². The average Bonchev–Trinajstić information content (AvgIpc) is 2.79. The lowest BCUT2D eigenvalue weighted by atomic mass is 9.75. The van der Waals surface area contributed by atoms with Crippen molar-refractivity contribution < 1.29 is 14.4 Å². The van der Waals surface area contributed by atoms with E-state index in [1.165, 1.54) is 0 Å². The molecule has 1 aliphatic heterocycles. The van der Waals surface area contributed by atoms with E-state index in [4.69, 9.17) is 5.73 Å².